The normalized spacial score (nSPS) is 19.0. The summed E-state index contributed by atoms with van der Waals surface area (Å²) in [5, 5.41) is 1.08. The molecule has 0 radical (unpaired) electrons. The van der Waals surface area contributed by atoms with Gasteiger partial charge in [-0.3, -0.25) is 14.5 Å². The van der Waals surface area contributed by atoms with Crippen molar-refractivity contribution in [3.05, 3.63) is 90.8 Å². The largest absolute Gasteiger partial charge is 0.335 e. The molecule has 0 bridgehead atoms. The number of amides is 1. The van der Waals surface area contributed by atoms with Gasteiger partial charge in [0.15, 0.2) is 0 Å². The SMILES string of the molecule is CCN1C(=CC=c2sc(=C3SC(=S)N(Cc4ccccc4)C3=O)n(C)c2=O)Sc2ccccc21. The summed E-state index contributed by atoms with van der Waals surface area (Å²) in [7, 11) is 1.71. The first-order chi connectivity index (χ1) is 16.5. The van der Waals surface area contributed by atoms with E-state index in [1.54, 1.807) is 28.3 Å². The van der Waals surface area contributed by atoms with Crippen LogP contribution in [0.1, 0.15) is 12.5 Å². The summed E-state index contributed by atoms with van der Waals surface area (Å²) in [5.41, 5.74) is 2.08. The monoisotopic (exact) mass is 523 g/mol. The zero-order chi connectivity index (χ0) is 23.8. The van der Waals surface area contributed by atoms with Crippen LogP contribution in [0.5, 0.6) is 0 Å². The van der Waals surface area contributed by atoms with E-state index in [0.29, 0.717) is 25.0 Å². The molecule has 3 heterocycles. The van der Waals surface area contributed by atoms with Gasteiger partial charge in [0.05, 0.1) is 21.8 Å². The number of anilines is 1. The number of hydrogen-bond acceptors (Lipinski definition) is 7. The quantitative estimate of drug-likeness (QED) is 0.484. The topological polar surface area (TPSA) is 45.5 Å². The Hall–Kier alpha value is -2.59. The molecule has 172 valence electrons. The van der Waals surface area contributed by atoms with Crippen molar-refractivity contribution < 1.29 is 4.79 Å². The Labute approximate surface area is 215 Å². The zero-order valence-corrected chi connectivity index (χ0v) is 21.8. The molecule has 1 fully saturated rings. The molecule has 1 aromatic heterocycles. The van der Waals surface area contributed by atoms with Crippen molar-refractivity contribution in [3.8, 4) is 0 Å². The second kappa shape index (κ2) is 9.58. The van der Waals surface area contributed by atoms with Gasteiger partial charge in [0, 0.05) is 18.5 Å². The minimum atomic E-state index is -0.153. The average molecular weight is 524 g/mol. The molecule has 2 aliphatic heterocycles. The second-order valence-corrected chi connectivity index (χ2v) is 11.4. The van der Waals surface area contributed by atoms with Crippen LogP contribution in [0.4, 0.5) is 5.69 Å². The maximum absolute atomic E-state index is 13.2. The number of hydrogen-bond donors (Lipinski definition) is 0. The van der Waals surface area contributed by atoms with Crippen LogP contribution in [0, 0.1) is 0 Å². The number of thiazole rings is 1. The Kier molecular flexibility index (Phi) is 6.52. The number of rotatable bonds is 4. The second-order valence-electron chi connectivity index (χ2n) is 7.70. The van der Waals surface area contributed by atoms with Crippen LogP contribution >= 0.6 is 47.1 Å². The molecule has 2 aromatic carbocycles. The number of nitrogens with zero attached hydrogens (tertiary/aromatic N) is 3. The fourth-order valence-electron chi connectivity index (χ4n) is 3.86. The van der Waals surface area contributed by atoms with Crippen LogP contribution in [0.2, 0.25) is 0 Å². The van der Waals surface area contributed by atoms with E-state index in [1.165, 1.54) is 33.7 Å². The van der Waals surface area contributed by atoms with Crippen molar-refractivity contribution in [2.75, 3.05) is 11.4 Å². The molecular weight excluding hydrogens is 503 g/mol. The van der Waals surface area contributed by atoms with Gasteiger partial charge >= 0.3 is 0 Å². The van der Waals surface area contributed by atoms with Gasteiger partial charge in [-0.05, 0) is 36.8 Å². The molecule has 0 unspecified atom stereocenters. The molecular formula is C25H21N3O2S4. The molecule has 0 N–H and O–H groups in total. The lowest BCUT2D eigenvalue weighted by Crippen LogP contribution is -2.31. The fraction of sp³-hybridized carbons (Fsp3) is 0.160. The van der Waals surface area contributed by atoms with Crippen LogP contribution < -0.4 is 19.7 Å². The molecule has 0 atom stereocenters. The molecule has 0 spiro atoms. The van der Waals surface area contributed by atoms with E-state index in [2.05, 4.69) is 24.0 Å². The van der Waals surface area contributed by atoms with Crippen molar-refractivity contribution in [1.29, 1.82) is 0 Å². The lowest BCUT2D eigenvalue weighted by molar-refractivity contribution is -0.121. The third-order valence-electron chi connectivity index (χ3n) is 5.58. The Morgan fingerprint density at radius 1 is 0.941 bits per heavy atom. The molecule has 0 saturated carbocycles. The van der Waals surface area contributed by atoms with Gasteiger partial charge < -0.3 is 9.47 Å². The van der Waals surface area contributed by atoms with Crippen LogP contribution in [0.15, 0.2) is 75.4 Å². The lowest BCUT2D eigenvalue weighted by atomic mass is 10.2. The van der Waals surface area contributed by atoms with E-state index in [-0.39, 0.29) is 11.5 Å². The van der Waals surface area contributed by atoms with Crippen molar-refractivity contribution in [2.45, 2.75) is 18.4 Å². The summed E-state index contributed by atoms with van der Waals surface area (Å²) in [5.74, 6) is -0.153. The van der Waals surface area contributed by atoms with E-state index in [0.717, 1.165) is 17.1 Å². The maximum Gasteiger partial charge on any atom is 0.269 e. The maximum atomic E-state index is 13.2. The van der Waals surface area contributed by atoms with Gasteiger partial charge in [-0.1, -0.05) is 78.2 Å². The Morgan fingerprint density at radius 2 is 1.68 bits per heavy atom. The number of benzene rings is 2. The molecule has 1 amide bonds. The highest BCUT2D eigenvalue weighted by Crippen LogP contribution is 2.45. The number of carbonyl (C=O) groups excluding carboxylic acids is 1. The van der Waals surface area contributed by atoms with Crippen molar-refractivity contribution in [3.63, 3.8) is 0 Å². The van der Waals surface area contributed by atoms with Crippen LogP contribution in [-0.2, 0) is 18.4 Å². The van der Waals surface area contributed by atoms with Gasteiger partial charge in [0.1, 0.15) is 13.9 Å². The summed E-state index contributed by atoms with van der Waals surface area (Å²) in [6.07, 6.45) is 3.85. The van der Waals surface area contributed by atoms with Crippen molar-refractivity contribution in [1.82, 2.24) is 9.47 Å². The van der Waals surface area contributed by atoms with Gasteiger partial charge in [0.2, 0.25) is 0 Å². The van der Waals surface area contributed by atoms with Crippen LogP contribution in [-0.4, -0.2) is 26.2 Å². The molecule has 34 heavy (non-hydrogen) atoms. The lowest BCUT2D eigenvalue weighted by Gasteiger charge is -2.17. The van der Waals surface area contributed by atoms with E-state index in [1.807, 2.05) is 54.6 Å². The van der Waals surface area contributed by atoms with E-state index >= 15 is 0 Å². The third-order valence-corrected chi connectivity index (χ3v) is 9.48. The smallest absolute Gasteiger partial charge is 0.269 e. The molecule has 0 aliphatic carbocycles. The number of thiocarbonyl (C=S) groups is 1. The highest BCUT2D eigenvalue weighted by atomic mass is 32.2. The molecule has 5 rings (SSSR count). The summed E-state index contributed by atoms with van der Waals surface area (Å²) in [6.45, 7) is 3.38. The zero-order valence-electron chi connectivity index (χ0n) is 18.6. The fourth-order valence-corrected chi connectivity index (χ4v) is 7.46. The van der Waals surface area contributed by atoms with Crippen LogP contribution in [0.25, 0.3) is 11.0 Å². The van der Waals surface area contributed by atoms with E-state index in [9.17, 15) is 9.59 Å². The van der Waals surface area contributed by atoms with Gasteiger partial charge in [0.25, 0.3) is 11.5 Å². The first kappa shape index (κ1) is 23.2. The minimum absolute atomic E-state index is 0.117. The van der Waals surface area contributed by atoms with E-state index < -0.39 is 0 Å². The minimum Gasteiger partial charge on any atom is -0.335 e. The molecule has 1 saturated heterocycles. The first-order valence-electron chi connectivity index (χ1n) is 10.7. The first-order valence-corrected chi connectivity index (χ1v) is 13.6. The molecule has 5 nitrogen and oxygen atoms in total. The van der Waals surface area contributed by atoms with Gasteiger partial charge in [-0.2, -0.15) is 0 Å². The molecule has 2 aliphatic rings. The highest BCUT2D eigenvalue weighted by molar-refractivity contribution is 8.30. The number of fused-ring (bicyclic) bond motifs is 1. The van der Waals surface area contributed by atoms with Crippen molar-refractivity contribution in [2.24, 2.45) is 7.05 Å². The summed E-state index contributed by atoms with van der Waals surface area (Å²) in [6, 6.07) is 18.1. The predicted octanol–water partition coefficient (Wildman–Crippen LogP) is 3.87. The molecule has 3 aromatic rings. The standard InChI is InChI=1S/C25H21N3O2S4/c1-3-27-17-11-7-8-12-18(17)32-20(27)14-13-19-22(29)26(2)24(33-19)21-23(30)28(25(31)34-21)15-16-9-5-4-6-10-16/h4-14H,3,15H2,1-2H3. The Morgan fingerprint density at radius 3 is 2.44 bits per heavy atom. The van der Waals surface area contributed by atoms with Crippen LogP contribution in [0.3, 0.4) is 0 Å². The van der Waals surface area contributed by atoms with Gasteiger partial charge in [-0.15, -0.1) is 11.3 Å². The number of para-hydroxylation sites is 1. The molecule has 9 heteroatoms. The number of allylic oxidation sites excluding steroid dienone is 1. The van der Waals surface area contributed by atoms with Crippen molar-refractivity contribution >= 4 is 74.0 Å². The predicted molar refractivity (Wildman–Crippen MR) is 147 cm³/mol. The number of carbonyl (C=O) groups is 1. The average Bonchev–Trinajstić information content (AvgIpc) is 3.45. The van der Waals surface area contributed by atoms with E-state index in [4.69, 9.17) is 12.2 Å². The summed E-state index contributed by atoms with van der Waals surface area (Å²) in [4.78, 5) is 31.8. The Bertz CT molecular complexity index is 1500. The third kappa shape index (κ3) is 4.17. The number of aromatic nitrogens is 1. The number of thioether (sulfide) groups is 2. The van der Waals surface area contributed by atoms with Gasteiger partial charge in [-0.25, -0.2) is 0 Å². The summed E-state index contributed by atoms with van der Waals surface area (Å²) >= 11 is 9.79. The Balaban J connectivity index is 1.50. The summed E-state index contributed by atoms with van der Waals surface area (Å²) < 4.78 is 3.29. The highest BCUT2D eigenvalue weighted by Gasteiger charge is 2.34.